The molecule has 4 aliphatic carbocycles. The van der Waals surface area contributed by atoms with E-state index < -0.39 is 5.60 Å². The molecule has 2 amide bonds. The number of piperazine rings is 2. The molecular formula is C94H117ClKN17O5PPd-. The van der Waals surface area contributed by atoms with Crippen molar-refractivity contribution < 1.29 is 96.0 Å². The number of aryl methyl sites for hydroxylation is 2. The van der Waals surface area contributed by atoms with Gasteiger partial charge in [0.05, 0.1) is 41.3 Å². The van der Waals surface area contributed by atoms with Gasteiger partial charge in [0.1, 0.15) is 34.8 Å². The smallest absolute Gasteiger partial charge is 0.850 e. The number of nitrogen functional groups attached to an aromatic ring is 2. The van der Waals surface area contributed by atoms with Crippen LogP contribution in [0.25, 0.3) is 45.0 Å². The first kappa shape index (κ1) is 96.9. The van der Waals surface area contributed by atoms with Crippen LogP contribution in [-0.4, -0.2) is 136 Å². The number of nitrogens with two attached hydrogens (primary N) is 2. The minimum Gasteiger partial charge on any atom is -0.850 e. The Morgan fingerprint density at radius 3 is 1.47 bits per heavy atom. The number of benzene rings is 6. The maximum absolute atomic E-state index is 12.6. The Bertz CT molecular complexity index is 4880. The molecule has 10 aromatic rings. The first-order chi connectivity index (χ1) is 56.8. The molecule has 4 saturated carbocycles. The summed E-state index contributed by atoms with van der Waals surface area (Å²) in [6.07, 6.45) is 27.2. The molecule has 22 nitrogen and oxygen atoms in total. The van der Waals surface area contributed by atoms with Crippen molar-refractivity contribution in [1.82, 2.24) is 49.3 Å². The first-order valence-electron chi connectivity index (χ1n) is 41.7. The number of amides is 2. The standard InChI is InChI=1S/C24H26N8O.C24H33O2P.C18H20ClN7O.C12H10N.C6H7N.C6H12.C4H9O.K.Pd/c1-16-14-31(10-11-32(16)24(33)17-8-9-17)23-20(12-25)22(27-19-6-4-3-5-7-19)28-21(29-23)18-13-26-30(2)15-18;1-17(2)25-21-14-10-15-22(26-18(3)4)24(21)20-13-8-9-16-23(20)27-19-11-6-5-7-12-19;1-11-9-25(5-6-26(11)18(27)12-3-4-12)17-14(7-20)15(19)22-16(23-17)13-8-21-24(2)10-13;13-12-9-5-4-8-11(12)10-6-2-1-3-7-10;7-6-4-2-1-3-5-6;1-2-4-6-5-3-1;1-4(2,3)5;;/h3-7,13,15-17H,8-11,14H2,1-2H3,(H,27,28,29);8-10,13-19,27H,5-7,11-12H2,1-4H3;8,10-12H,3-6,9H2,1-2H3;1-6,8-9H,13H2;1-5H,7H2;1-6H2;1-3H3;;/q;;;-1;;;-1;+1;/t16-;;11-;;;;;;/m1.1....../s1. The quantitative estimate of drug-likeness (QED) is 0.0266. The van der Waals surface area contributed by atoms with Crippen molar-refractivity contribution in [2.24, 2.45) is 25.9 Å². The zero-order valence-corrected chi connectivity index (χ0v) is 78.2. The fraction of sp³-hybridized carbons (Fsp3) is 0.426. The van der Waals surface area contributed by atoms with Gasteiger partial charge in [0.25, 0.3) is 0 Å². The van der Waals surface area contributed by atoms with E-state index in [9.17, 15) is 25.2 Å². The summed E-state index contributed by atoms with van der Waals surface area (Å²) in [5.74, 6) is 5.24. The summed E-state index contributed by atoms with van der Waals surface area (Å²) in [6, 6.07) is 57.5. The van der Waals surface area contributed by atoms with Gasteiger partial charge in [-0.15, -0.1) is 41.5 Å². The molecule has 1 unspecified atom stereocenters. The van der Waals surface area contributed by atoms with Crippen molar-refractivity contribution >= 4 is 71.8 Å². The minimum atomic E-state index is -0.750. The van der Waals surface area contributed by atoms with E-state index in [1.165, 1.54) is 81.5 Å². The summed E-state index contributed by atoms with van der Waals surface area (Å²) in [6.45, 7) is 21.0. The van der Waals surface area contributed by atoms with Gasteiger partial charge in [-0.25, -0.2) is 19.9 Å². The van der Waals surface area contributed by atoms with E-state index >= 15 is 0 Å². The Balaban J connectivity index is 0.000000189. The van der Waals surface area contributed by atoms with Gasteiger partial charge in [-0.3, -0.25) is 19.0 Å². The van der Waals surface area contributed by atoms with Crippen LogP contribution in [0.15, 0.2) is 176 Å². The SMILES string of the molecule is C1CCCCC1.CC(C)(C)[O-].CC(C)Oc1cccc(OC(C)C)c1-c1ccccc1PC1CCCCC1.C[C@@H]1CN(c2nc(-c3cnn(C)c3)nc(Cl)c2C#N)CCN1C(=O)C1CC1.C[C@@H]1CN(c2nc(-c3cnn(C)c3)nc(Nc3ccccc3)c2C#N)CCN1C(=O)C1CC1.Nc1ccccc1.Nc1ccccc1-c1[c-]cccc1.[K+].[Pd]. The molecule has 6 fully saturated rings. The monoisotopic (exact) mass is 1770 g/mol. The third-order valence-corrected chi connectivity index (χ3v) is 22.3. The van der Waals surface area contributed by atoms with E-state index in [1.54, 1.807) is 48.7 Å². The number of ether oxygens (including phenoxy) is 2. The summed E-state index contributed by atoms with van der Waals surface area (Å²) in [7, 11) is 4.51. The maximum Gasteiger partial charge on any atom is 1.00 e. The molecule has 6 aliphatic rings. The van der Waals surface area contributed by atoms with E-state index in [0.717, 1.165) is 96.3 Å². The Kier molecular flexibility index (Phi) is 39.0. The molecule has 16 rings (SSSR count). The van der Waals surface area contributed by atoms with E-state index in [1.807, 2.05) is 157 Å². The molecule has 0 spiro atoms. The molecule has 2 saturated heterocycles. The number of hydrogen-bond donors (Lipinski definition) is 3. The third kappa shape index (κ3) is 29.9. The van der Waals surface area contributed by atoms with Crippen LogP contribution >= 0.6 is 20.2 Å². The largest absolute Gasteiger partial charge is 1.00 e. The first-order valence-corrected chi connectivity index (χ1v) is 43.1. The third-order valence-electron chi connectivity index (χ3n) is 20.3. The van der Waals surface area contributed by atoms with E-state index in [0.29, 0.717) is 73.9 Å². The van der Waals surface area contributed by atoms with E-state index in [4.69, 9.17) is 37.5 Å². The zero-order chi connectivity index (χ0) is 84.3. The number of nitriles is 2. The number of halogens is 1. The molecule has 120 heavy (non-hydrogen) atoms. The Morgan fingerprint density at radius 2 is 1.03 bits per heavy atom. The van der Waals surface area contributed by atoms with Crippen LogP contribution in [0.4, 0.5) is 34.5 Å². The van der Waals surface area contributed by atoms with Gasteiger partial charge in [-0.1, -0.05) is 189 Å². The molecular weight excluding hydrogens is 1660 g/mol. The summed E-state index contributed by atoms with van der Waals surface area (Å²) in [5, 5.41) is 43.0. The Morgan fingerprint density at radius 1 is 0.583 bits per heavy atom. The van der Waals surface area contributed by atoms with Crippen molar-refractivity contribution in [3.63, 3.8) is 0 Å². The number of hydrogen-bond acceptors (Lipinski definition) is 18. The average molecular weight is 1780 g/mol. The molecule has 5 N–H and O–H groups in total. The van der Waals surface area contributed by atoms with Gasteiger partial charge in [0.15, 0.2) is 34.3 Å². The minimum absolute atomic E-state index is 0. The molecule has 6 aromatic carbocycles. The topological polar surface area (TPSA) is 287 Å². The van der Waals surface area contributed by atoms with Gasteiger partial charge in [0, 0.05) is 121 Å². The summed E-state index contributed by atoms with van der Waals surface area (Å²) >= 11 is 6.28. The van der Waals surface area contributed by atoms with Gasteiger partial charge < -0.3 is 51.0 Å². The molecule has 0 bridgehead atoms. The number of nitrogens with one attached hydrogen (secondary N) is 1. The van der Waals surface area contributed by atoms with Gasteiger partial charge >= 0.3 is 51.4 Å². The molecule has 0 radical (unpaired) electrons. The van der Waals surface area contributed by atoms with Crippen LogP contribution in [0.3, 0.4) is 0 Å². The average Bonchev–Trinajstić information content (AvgIpc) is 1.26. The second kappa shape index (κ2) is 48.3. The summed E-state index contributed by atoms with van der Waals surface area (Å²) in [4.78, 5) is 51.5. The predicted molar refractivity (Wildman–Crippen MR) is 477 cm³/mol. The van der Waals surface area contributed by atoms with Crippen LogP contribution in [0.5, 0.6) is 11.5 Å². The fourth-order valence-corrected chi connectivity index (χ4v) is 16.2. The number of aromatic nitrogens is 8. The number of nitrogens with zero attached hydrogens (tertiary/aromatic N) is 14. The van der Waals surface area contributed by atoms with Crippen molar-refractivity contribution in [3.05, 3.63) is 199 Å². The van der Waals surface area contributed by atoms with Crippen LogP contribution < -0.4 is 97.9 Å². The second-order valence-electron chi connectivity index (χ2n) is 32.3. The zero-order valence-electron chi connectivity index (χ0n) is 71.8. The molecule has 2 aliphatic heterocycles. The van der Waals surface area contributed by atoms with Crippen LogP contribution in [0.1, 0.15) is 170 Å². The predicted octanol–water partition coefficient (Wildman–Crippen LogP) is 14.8. The van der Waals surface area contributed by atoms with Gasteiger partial charge in [-0.2, -0.15) is 20.7 Å². The molecule has 6 heterocycles. The van der Waals surface area contributed by atoms with E-state index in [-0.39, 0.29) is 130 Å². The fourth-order valence-electron chi connectivity index (χ4n) is 14.3. The van der Waals surface area contributed by atoms with Crippen LogP contribution in [0, 0.1) is 40.6 Å². The number of para-hydroxylation sites is 3. The number of carbonyl (C=O) groups excluding carboxylic acids is 2. The second-order valence-corrected chi connectivity index (χ2v) is 34.4. The van der Waals surface area contributed by atoms with Crippen molar-refractivity contribution in [2.75, 3.05) is 65.9 Å². The van der Waals surface area contributed by atoms with Crippen LogP contribution in [0.2, 0.25) is 5.15 Å². The van der Waals surface area contributed by atoms with Crippen molar-refractivity contribution in [3.8, 4) is 68.7 Å². The van der Waals surface area contributed by atoms with E-state index in [2.05, 4.69) is 125 Å². The van der Waals surface area contributed by atoms with Crippen molar-refractivity contribution in [1.29, 1.82) is 10.5 Å². The maximum atomic E-state index is 12.6. The van der Waals surface area contributed by atoms with Crippen molar-refractivity contribution in [2.45, 2.75) is 194 Å². The normalized spacial score (nSPS) is 16.3. The summed E-state index contributed by atoms with van der Waals surface area (Å²) in [5.41, 5.74) is 20.4. The Labute approximate surface area is 773 Å². The van der Waals surface area contributed by atoms with Gasteiger partial charge in [-0.05, 0) is 145 Å². The molecule has 3 atom stereocenters. The number of carbonyl (C=O) groups is 2. The van der Waals surface area contributed by atoms with Gasteiger partial charge in [0.2, 0.25) is 11.8 Å². The van der Waals surface area contributed by atoms with Crippen LogP contribution in [-0.2, 0) is 44.1 Å². The molecule has 26 heteroatoms. The Hall–Kier alpha value is -8.60. The number of rotatable bonds is 16. The number of anilines is 6. The molecule has 632 valence electrons. The molecule has 4 aromatic heterocycles. The summed E-state index contributed by atoms with van der Waals surface area (Å²) < 4.78 is 15.7.